The molecule has 3 rings (SSSR count). The summed E-state index contributed by atoms with van der Waals surface area (Å²) in [6, 6.07) is 9.20. The summed E-state index contributed by atoms with van der Waals surface area (Å²) in [7, 11) is 1.58. The molecule has 1 aliphatic carbocycles. The third-order valence-corrected chi connectivity index (χ3v) is 5.58. The molecule has 1 aromatic rings. The normalized spacial score (nSPS) is 20.9. The van der Waals surface area contributed by atoms with Crippen LogP contribution in [0.4, 0.5) is 5.69 Å². The lowest BCUT2D eigenvalue weighted by atomic mass is 9.81. The highest BCUT2D eigenvalue weighted by Crippen LogP contribution is 2.33. The largest absolute Gasteiger partial charge is 0.478 e. The summed E-state index contributed by atoms with van der Waals surface area (Å²) in [5.41, 5.74) is -0.312. The minimum Gasteiger partial charge on any atom is -0.478 e. The highest BCUT2D eigenvalue weighted by atomic mass is 16.6. The number of likely N-dealkylation sites (N-methyl/N-ethyl adjacent to an activating group) is 1. The molecule has 2 amide bonds. The number of benzene rings is 1. The molecule has 1 fully saturated rings. The molecule has 1 saturated carbocycles. The van der Waals surface area contributed by atoms with Crippen LogP contribution in [0.5, 0.6) is 5.75 Å². The Bertz CT molecular complexity index is 841. The van der Waals surface area contributed by atoms with Crippen LogP contribution in [0.2, 0.25) is 0 Å². The van der Waals surface area contributed by atoms with E-state index in [0.717, 1.165) is 19.3 Å². The number of carbonyl (C=O) groups is 3. The third kappa shape index (κ3) is 4.34. The minimum absolute atomic E-state index is 0.315. The van der Waals surface area contributed by atoms with E-state index in [4.69, 9.17) is 9.47 Å². The van der Waals surface area contributed by atoms with Crippen LogP contribution in [-0.2, 0) is 19.1 Å². The molecule has 0 aromatic heterocycles. The summed E-state index contributed by atoms with van der Waals surface area (Å²) in [5.74, 6) is -1.11. The molecule has 0 bridgehead atoms. The first kappa shape index (κ1) is 20.6. The monoisotopic (exact) mass is 399 g/mol. The van der Waals surface area contributed by atoms with Crippen LogP contribution in [0.1, 0.15) is 45.4 Å². The van der Waals surface area contributed by atoms with Crippen LogP contribution in [-0.4, -0.2) is 47.5 Å². The van der Waals surface area contributed by atoms with E-state index in [9.17, 15) is 19.6 Å². The number of anilines is 1. The van der Waals surface area contributed by atoms with Crippen LogP contribution in [0.15, 0.2) is 24.3 Å². The fraction of sp³-hybridized carbons (Fsp3) is 0.524. The van der Waals surface area contributed by atoms with E-state index in [-0.39, 0.29) is 6.42 Å². The number of hydrogen-bond acceptors (Lipinski definition) is 6. The van der Waals surface area contributed by atoms with Gasteiger partial charge >= 0.3 is 5.97 Å². The average Bonchev–Trinajstić information content (AvgIpc) is 2.73. The van der Waals surface area contributed by atoms with Crippen molar-refractivity contribution in [1.82, 2.24) is 4.90 Å². The maximum absolute atomic E-state index is 12.7. The molecule has 1 aromatic carbocycles. The molecule has 1 heterocycles. The molecule has 1 aliphatic heterocycles. The number of nitrogens with zero attached hydrogens (tertiary/aromatic N) is 2. The molecule has 8 nitrogen and oxygen atoms in total. The second-order valence-corrected chi connectivity index (χ2v) is 7.53. The Morgan fingerprint density at radius 2 is 2.03 bits per heavy atom. The SMILES string of the molecule is C[C@@H](OC(=O)C[C@@H]1Oc2ccccc2NC1=O)C(=O)N(C)C1(C#N)CCCCC1. The maximum Gasteiger partial charge on any atom is 0.310 e. The van der Waals surface area contributed by atoms with Crippen molar-refractivity contribution in [1.29, 1.82) is 5.26 Å². The maximum atomic E-state index is 12.7. The zero-order valence-corrected chi connectivity index (χ0v) is 16.6. The molecule has 2 atom stereocenters. The van der Waals surface area contributed by atoms with Crippen molar-refractivity contribution in [3.05, 3.63) is 24.3 Å². The van der Waals surface area contributed by atoms with E-state index in [1.165, 1.54) is 11.8 Å². The summed E-state index contributed by atoms with van der Waals surface area (Å²) in [4.78, 5) is 38.6. The van der Waals surface area contributed by atoms with Crippen molar-refractivity contribution in [3.63, 3.8) is 0 Å². The van der Waals surface area contributed by atoms with Gasteiger partial charge in [-0.1, -0.05) is 31.4 Å². The van der Waals surface area contributed by atoms with Crippen molar-refractivity contribution >= 4 is 23.5 Å². The Hall–Kier alpha value is -3.08. The number of rotatable bonds is 5. The molecule has 1 N–H and O–H groups in total. The summed E-state index contributed by atoms with van der Waals surface area (Å²) >= 11 is 0. The molecule has 0 unspecified atom stereocenters. The summed E-state index contributed by atoms with van der Waals surface area (Å²) < 4.78 is 10.8. The lowest BCUT2D eigenvalue weighted by Gasteiger charge is -2.39. The molecule has 154 valence electrons. The van der Waals surface area contributed by atoms with Gasteiger partial charge in [0, 0.05) is 7.05 Å². The topological polar surface area (TPSA) is 109 Å². The van der Waals surface area contributed by atoms with E-state index in [1.807, 2.05) is 0 Å². The number of hydrogen-bond donors (Lipinski definition) is 1. The second kappa shape index (κ2) is 8.52. The van der Waals surface area contributed by atoms with Gasteiger partial charge in [0.15, 0.2) is 12.2 Å². The van der Waals surface area contributed by atoms with Crippen LogP contribution < -0.4 is 10.1 Å². The van der Waals surface area contributed by atoms with Gasteiger partial charge in [-0.05, 0) is 31.9 Å². The van der Waals surface area contributed by atoms with Gasteiger partial charge in [0.25, 0.3) is 11.8 Å². The van der Waals surface area contributed by atoms with Crippen molar-refractivity contribution in [2.45, 2.75) is 63.2 Å². The number of esters is 1. The molecular weight excluding hydrogens is 374 g/mol. The fourth-order valence-electron chi connectivity index (χ4n) is 3.82. The van der Waals surface area contributed by atoms with Gasteiger partial charge in [0.05, 0.1) is 18.2 Å². The summed E-state index contributed by atoms with van der Waals surface area (Å²) in [6.45, 7) is 1.47. The smallest absolute Gasteiger partial charge is 0.310 e. The van der Waals surface area contributed by atoms with E-state index in [1.54, 1.807) is 31.3 Å². The van der Waals surface area contributed by atoms with Crippen molar-refractivity contribution in [2.75, 3.05) is 12.4 Å². The Labute approximate surface area is 169 Å². The molecule has 29 heavy (non-hydrogen) atoms. The van der Waals surface area contributed by atoms with Crippen LogP contribution in [0.3, 0.4) is 0 Å². The quantitative estimate of drug-likeness (QED) is 0.762. The van der Waals surface area contributed by atoms with E-state index in [0.29, 0.717) is 24.3 Å². The molecule has 0 spiro atoms. The second-order valence-electron chi connectivity index (χ2n) is 7.53. The van der Waals surface area contributed by atoms with Crippen molar-refractivity contribution < 1.29 is 23.9 Å². The van der Waals surface area contributed by atoms with E-state index >= 15 is 0 Å². The zero-order chi connectivity index (χ0) is 21.0. The standard InChI is InChI=1S/C21H25N3O5/c1-14(20(27)24(2)21(13-22)10-6-3-7-11-21)28-18(25)12-17-19(26)23-15-8-4-5-9-16(15)29-17/h4-5,8-9,14,17H,3,6-7,10-12H2,1-2H3,(H,23,26)/t14-,17+/m1/s1. The highest BCUT2D eigenvalue weighted by Gasteiger charge is 2.41. The number of nitrogens with one attached hydrogen (secondary N) is 1. The Balaban J connectivity index is 1.58. The predicted molar refractivity (Wildman–Crippen MR) is 104 cm³/mol. The van der Waals surface area contributed by atoms with Gasteiger partial charge in [-0.15, -0.1) is 0 Å². The lowest BCUT2D eigenvalue weighted by molar-refractivity contribution is -0.162. The number of ether oxygens (including phenoxy) is 2. The van der Waals surface area contributed by atoms with Crippen molar-refractivity contribution in [3.8, 4) is 11.8 Å². The molecule has 8 heteroatoms. The van der Waals surface area contributed by atoms with Gasteiger partial charge in [0.2, 0.25) is 0 Å². The molecule has 0 saturated heterocycles. The first-order valence-corrected chi connectivity index (χ1v) is 9.81. The van der Waals surface area contributed by atoms with Crippen LogP contribution in [0, 0.1) is 11.3 Å². The molecule has 0 radical (unpaired) electrons. The fourth-order valence-corrected chi connectivity index (χ4v) is 3.82. The summed E-state index contributed by atoms with van der Waals surface area (Å²) in [6.07, 6.45) is 1.64. The number of nitriles is 1. The average molecular weight is 399 g/mol. The number of carbonyl (C=O) groups excluding carboxylic acids is 3. The van der Waals surface area contributed by atoms with E-state index in [2.05, 4.69) is 11.4 Å². The van der Waals surface area contributed by atoms with Crippen molar-refractivity contribution in [2.24, 2.45) is 0 Å². The Kier molecular flexibility index (Phi) is 6.06. The first-order chi connectivity index (χ1) is 13.9. The number of para-hydroxylation sites is 2. The first-order valence-electron chi connectivity index (χ1n) is 9.81. The molecule has 2 aliphatic rings. The third-order valence-electron chi connectivity index (χ3n) is 5.58. The van der Waals surface area contributed by atoms with Gasteiger partial charge in [0.1, 0.15) is 11.3 Å². The zero-order valence-electron chi connectivity index (χ0n) is 16.6. The van der Waals surface area contributed by atoms with Gasteiger partial charge in [-0.3, -0.25) is 14.4 Å². The van der Waals surface area contributed by atoms with Gasteiger partial charge < -0.3 is 19.7 Å². The van der Waals surface area contributed by atoms with Gasteiger partial charge in [-0.2, -0.15) is 5.26 Å². The lowest BCUT2D eigenvalue weighted by Crippen LogP contribution is -2.53. The number of amides is 2. The summed E-state index contributed by atoms with van der Waals surface area (Å²) in [5, 5.41) is 12.3. The highest BCUT2D eigenvalue weighted by molar-refractivity contribution is 5.99. The molecular formula is C21H25N3O5. The Morgan fingerprint density at radius 3 is 2.72 bits per heavy atom. The minimum atomic E-state index is -1.06. The predicted octanol–water partition coefficient (Wildman–Crippen LogP) is 2.39. The van der Waals surface area contributed by atoms with Gasteiger partial charge in [-0.25, -0.2) is 0 Å². The Morgan fingerprint density at radius 1 is 1.34 bits per heavy atom. The van der Waals surface area contributed by atoms with Crippen LogP contribution in [0.25, 0.3) is 0 Å². The number of fused-ring (bicyclic) bond motifs is 1. The van der Waals surface area contributed by atoms with Crippen LogP contribution >= 0.6 is 0 Å². The van der Waals surface area contributed by atoms with E-state index < -0.39 is 35.5 Å².